The molecule has 1 aromatic carbocycles. The van der Waals surface area contributed by atoms with Gasteiger partial charge in [0.15, 0.2) is 0 Å². The third-order valence-electron chi connectivity index (χ3n) is 2.96. The summed E-state index contributed by atoms with van der Waals surface area (Å²) in [5.41, 5.74) is 0.895. The molecule has 1 amide bonds. The minimum absolute atomic E-state index is 0.00517. The van der Waals surface area contributed by atoms with Crippen LogP contribution in [0.15, 0.2) is 30.3 Å². The Balaban J connectivity index is 1.82. The largest absolute Gasteiger partial charge is 0.445 e. The maximum atomic E-state index is 13.0. The second kappa shape index (κ2) is 5.82. The highest BCUT2D eigenvalue weighted by molar-refractivity contribution is 5.67. The predicted octanol–water partition coefficient (Wildman–Crippen LogP) is 1.73. The summed E-state index contributed by atoms with van der Waals surface area (Å²) in [7, 11) is 0. The normalized spacial score (nSPS) is 23.8. The number of hydrogen-bond acceptors (Lipinski definition) is 3. The van der Waals surface area contributed by atoms with Crippen LogP contribution in [0, 0.1) is 0 Å². The lowest BCUT2D eigenvalue weighted by Crippen LogP contribution is -2.47. The molecule has 4 nitrogen and oxygen atoms in total. The molecule has 0 unspecified atom stereocenters. The fourth-order valence-corrected chi connectivity index (χ4v) is 1.88. The molecule has 0 aliphatic carbocycles. The van der Waals surface area contributed by atoms with E-state index in [-0.39, 0.29) is 26.1 Å². The molecular formula is C13H16FNO3. The van der Waals surface area contributed by atoms with E-state index < -0.39 is 18.4 Å². The Morgan fingerprint density at radius 2 is 2.17 bits per heavy atom. The van der Waals surface area contributed by atoms with Gasteiger partial charge in [0.05, 0.1) is 6.54 Å². The van der Waals surface area contributed by atoms with Crippen LogP contribution >= 0.6 is 0 Å². The van der Waals surface area contributed by atoms with Crippen LogP contribution in [0.1, 0.15) is 12.0 Å². The highest BCUT2D eigenvalue weighted by atomic mass is 19.1. The highest BCUT2D eigenvalue weighted by Gasteiger charge is 2.30. The van der Waals surface area contributed by atoms with Crippen molar-refractivity contribution in [1.29, 1.82) is 0 Å². The summed E-state index contributed by atoms with van der Waals surface area (Å²) in [5.74, 6) is 0. The summed E-state index contributed by atoms with van der Waals surface area (Å²) in [6.45, 7) is 0.464. The second-order valence-electron chi connectivity index (χ2n) is 4.36. The molecule has 1 aliphatic rings. The lowest BCUT2D eigenvalue weighted by atomic mass is 10.1. The number of amides is 1. The van der Waals surface area contributed by atoms with Gasteiger partial charge in [-0.25, -0.2) is 9.18 Å². The van der Waals surface area contributed by atoms with Gasteiger partial charge in [-0.2, -0.15) is 0 Å². The zero-order chi connectivity index (χ0) is 13.0. The van der Waals surface area contributed by atoms with Crippen molar-refractivity contribution in [2.45, 2.75) is 25.3 Å². The van der Waals surface area contributed by atoms with E-state index in [0.717, 1.165) is 5.56 Å². The molecule has 1 N–H and O–H groups in total. The van der Waals surface area contributed by atoms with Crippen LogP contribution in [0.2, 0.25) is 0 Å². The Labute approximate surface area is 105 Å². The average Bonchev–Trinajstić information content (AvgIpc) is 2.40. The molecule has 5 heteroatoms. The predicted molar refractivity (Wildman–Crippen MR) is 63.7 cm³/mol. The smallest absolute Gasteiger partial charge is 0.410 e. The number of piperidine rings is 1. The Kier molecular flexibility index (Phi) is 4.15. The van der Waals surface area contributed by atoms with Crippen LogP contribution in [-0.4, -0.2) is 41.5 Å². The third kappa shape index (κ3) is 3.20. The number of carbonyl (C=O) groups excluding carboxylic acids is 1. The van der Waals surface area contributed by atoms with Gasteiger partial charge >= 0.3 is 6.09 Å². The molecule has 18 heavy (non-hydrogen) atoms. The van der Waals surface area contributed by atoms with E-state index in [1.807, 2.05) is 30.3 Å². The topological polar surface area (TPSA) is 49.8 Å². The van der Waals surface area contributed by atoms with E-state index in [9.17, 15) is 14.3 Å². The van der Waals surface area contributed by atoms with Gasteiger partial charge in [-0.15, -0.1) is 0 Å². The first-order valence-corrected chi connectivity index (χ1v) is 5.94. The number of aliphatic hydroxyl groups excluding tert-OH is 1. The average molecular weight is 253 g/mol. The third-order valence-corrected chi connectivity index (χ3v) is 2.96. The van der Waals surface area contributed by atoms with Gasteiger partial charge in [-0.1, -0.05) is 30.3 Å². The summed E-state index contributed by atoms with van der Waals surface area (Å²) >= 11 is 0. The van der Waals surface area contributed by atoms with Crippen molar-refractivity contribution in [1.82, 2.24) is 4.90 Å². The summed E-state index contributed by atoms with van der Waals surface area (Å²) in [6, 6.07) is 9.32. The number of halogens is 1. The number of alkyl halides is 1. The van der Waals surface area contributed by atoms with Gasteiger partial charge in [-0.3, -0.25) is 0 Å². The molecule has 2 rings (SSSR count). The molecule has 0 saturated carbocycles. The quantitative estimate of drug-likeness (QED) is 0.873. The molecule has 1 aromatic rings. The minimum atomic E-state index is -1.25. The molecule has 0 spiro atoms. The van der Waals surface area contributed by atoms with E-state index in [2.05, 4.69) is 0 Å². The summed E-state index contributed by atoms with van der Waals surface area (Å²) in [4.78, 5) is 13.0. The van der Waals surface area contributed by atoms with Crippen molar-refractivity contribution < 1.29 is 19.0 Å². The number of carbonyl (C=O) groups is 1. The lowest BCUT2D eigenvalue weighted by Gasteiger charge is -2.31. The number of likely N-dealkylation sites (tertiary alicyclic amines) is 1. The number of rotatable bonds is 2. The monoisotopic (exact) mass is 253 g/mol. The van der Waals surface area contributed by atoms with Crippen molar-refractivity contribution >= 4 is 6.09 Å². The van der Waals surface area contributed by atoms with Crippen LogP contribution in [0.3, 0.4) is 0 Å². The number of nitrogens with zero attached hydrogens (tertiary/aromatic N) is 1. The van der Waals surface area contributed by atoms with E-state index in [4.69, 9.17) is 4.74 Å². The summed E-state index contributed by atoms with van der Waals surface area (Å²) < 4.78 is 18.1. The highest BCUT2D eigenvalue weighted by Crippen LogP contribution is 2.15. The Bertz CT molecular complexity index is 398. The number of aliphatic hydroxyl groups is 1. The fraction of sp³-hybridized carbons (Fsp3) is 0.462. The van der Waals surface area contributed by atoms with Gasteiger partial charge in [-0.05, 0) is 12.0 Å². The molecular weight excluding hydrogens is 237 g/mol. The first-order valence-electron chi connectivity index (χ1n) is 5.94. The fourth-order valence-electron chi connectivity index (χ4n) is 1.88. The number of benzene rings is 1. The van der Waals surface area contributed by atoms with Crippen LogP contribution in [-0.2, 0) is 11.3 Å². The van der Waals surface area contributed by atoms with Crippen LogP contribution in [0.4, 0.5) is 9.18 Å². The minimum Gasteiger partial charge on any atom is -0.445 e. The molecule has 2 atom stereocenters. The number of hydrogen-bond donors (Lipinski definition) is 1. The SMILES string of the molecule is O=C(OCc1ccccc1)N1CC[C@H](F)[C@@H](O)C1. The zero-order valence-electron chi connectivity index (χ0n) is 9.96. The first kappa shape index (κ1) is 12.8. The Morgan fingerprint density at radius 3 is 2.83 bits per heavy atom. The maximum Gasteiger partial charge on any atom is 0.410 e. The van der Waals surface area contributed by atoms with Crippen LogP contribution < -0.4 is 0 Å². The standard InChI is InChI=1S/C13H16FNO3/c14-11-6-7-15(8-12(11)16)13(17)18-9-10-4-2-1-3-5-10/h1-5,11-12,16H,6-9H2/t11-,12-/m0/s1. The zero-order valence-corrected chi connectivity index (χ0v) is 9.96. The van der Waals surface area contributed by atoms with Gasteiger partial charge in [0.2, 0.25) is 0 Å². The molecule has 98 valence electrons. The van der Waals surface area contributed by atoms with Gasteiger partial charge < -0.3 is 14.7 Å². The molecule has 0 aromatic heterocycles. The number of ether oxygens (including phenoxy) is 1. The van der Waals surface area contributed by atoms with Gasteiger partial charge in [0, 0.05) is 6.54 Å². The molecule has 1 saturated heterocycles. The molecule has 0 radical (unpaired) electrons. The molecule has 0 bridgehead atoms. The molecule has 1 aliphatic heterocycles. The van der Waals surface area contributed by atoms with Crippen molar-refractivity contribution in [2.24, 2.45) is 0 Å². The van der Waals surface area contributed by atoms with Gasteiger partial charge in [0.25, 0.3) is 0 Å². The van der Waals surface area contributed by atoms with Crippen LogP contribution in [0.5, 0.6) is 0 Å². The second-order valence-corrected chi connectivity index (χ2v) is 4.36. The van der Waals surface area contributed by atoms with E-state index in [1.165, 1.54) is 4.90 Å². The van der Waals surface area contributed by atoms with E-state index >= 15 is 0 Å². The van der Waals surface area contributed by atoms with Crippen molar-refractivity contribution in [3.05, 3.63) is 35.9 Å². The summed E-state index contributed by atoms with van der Waals surface area (Å²) in [5, 5.41) is 9.36. The lowest BCUT2D eigenvalue weighted by molar-refractivity contribution is -0.000282. The summed E-state index contributed by atoms with van der Waals surface area (Å²) in [6.07, 6.45) is -2.71. The van der Waals surface area contributed by atoms with Gasteiger partial charge in [0.1, 0.15) is 18.9 Å². The van der Waals surface area contributed by atoms with Crippen LogP contribution in [0.25, 0.3) is 0 Å². The number of β-amino-alcohol motifs (C(OH)–C–C–N with tert-alkyl or cyclic N) is 1. The molecule has 1 fully saturated rings. The first-order chi connectivity index (χ1) is 8.66. The maximum absolute atomic E-state index is 13.0. The Hall–Kier alpha value is -1.62. The van der Waals surface area contributed by atoms with E-state index in [1.54, 1.807) is 0 Å². The van der Waals surface area contributed by atoms with E-state index in [0.29, 0.717) is 0 Å². The van der Waals surface area contributed by atoms with Crippen molar-refractivity contribution in [2.75, 3.05) is 13.1 Å². The Morgan fingerprint density at radius 1 is 1.44 bits per heavy atom. The molecule has 1 heterocycles. The van der Waals surface area contributed by atoms with Crippen molar-refractivity contribution in [3.63, 3.8) is 0 Å². The van der Waals surface area contributed by atoms with Crippen molar-refractivity contribution in [3.8, 4) is 0 Å².